The minimum Gasteiger partial charge on any atom is -0.354 e. The van der Waals surface area contributed by atoms with Crippen molar-refractivity contribution < 1.29 is 4.39 Å². The Balaban J connectivity index is 3.12. The highest BCUT2D eigenvalue weighted by molar-refractivity contribution is 7.80. The Bertz CT molecular complexity index is 144. The lowest BCUT2D eigenvalue weighted by Gasteiger charge is -1.76. The number of H-pyrrole nitrogens is 1. The molecule has 1 rings (SSSR count). The van der Waals surface area contributed by atoms with Gasteiger partial charge in [0.05, 0.1) is 0 Å². The molecule has 1 N–H and O–H groups in total. The minimum atomic E-state index is -0.302. The van der Waals surface area contributed by atoms with Gasteiger partial charge in [0.25, 0.3) is 0 Å². The predicted molar refractivity (Wildman–Crippen MR) is 28.0 cm³/mol. The van der Waals surface area contributed by atoms with Gasteiger partial charge in [-0.15, -0.1) is 12.6 Å². The summed E-state index contributed by atoms with van der Waals surface area (Å²) in [6, 6.07) is 1.32. The lowest BCUT2D eigenvalue weighted by molar-refractivity contribution is 0.602. The highest BCUT2D eigenvalue weighted by Gasteiger charge is 1.92. The van der Waals surface area contributed by atoms with E-state index in [1.807, 2.05) is 0 Å². The molecule has 0 spiro atoms. The Morgan fingerprint density at radius 2 is 2.43 bits per heavy atom. The first-order chi connectivity index (χ1) is 3.30. The van der Waals surface area contributed by atoms with Crippen molar-refractivity contribution in [1.82, 2.24) is 4.98 Å². The number of hydrogen-bond donors (Lipinski definition) is 2. The molecule has 0 aliphatic rings. The minimum absolute atomic E-state index is 0.292. The number of aromatic nitrogens is 1. The lowest BCUT2D eigenvalue weighted by atomic mass is 10.6. The van der Waals surface area contributed by atoms with Crippen LogP contribution in [0.2, 0.25) is 0 Å². The SMILES string of the molecule is Fc1cc[nH]c1S. The second-order valence-electron chi connectivity index (χ2n) is 1.17. The van der Waals surface area contributed by atoms with Crippen molar-refractivity contribution in [2.24, 2.45) is 0 Å². The van der Waals surface area contributed by atoms with E-state index in [0.717, 1.165) is 0 Å². The Labute approximate surface area is 46.0 Å². The van der Waals surface area contributed by atoms with Crippen LogP contribution in [0.5, 0.6) is 0 Å². The van der Waals surface area contributed by atoms with E-state index in [1.54, 1.807) is 0 Å². The highest BCUT2D eigenvalue weighted by atomic mass is 32.1. The number of aromatic amines is 1. The van der Waals surface area contributed by atoms with Crippen molar-refractivity contribution in [2.45, 2.75) is 5.03 Å². The van der Waals surface area contributed by atoms with Gasteiger partial charge in [-0.05, 0) is 6.07 Å². The first-order valence-electron chi connectivity index (χ1n) is 1.82. The summed E-state index contributed by atoms with van der Waals surface area (Å²) in [4.78, 5) is 2.56. The van der Waals surface area contributed by atoms with Gasteiger partial charge >= 0.3 is 0 Å². The van der Waals surface area contributed by atoms with Gasteiger partial charge in [0.2, 0.25) is 0 Å². The summed E-state index contributed by atoms with van der Waals surface area (Å²) in [5.74, 6) is -0.302. The van der Waals surface area contributed by atoms with E-state index in [9.17, 15) is 4.39 Å². The summed E-state index contributed by atoms with van der Waals surface area (Å²) in [5.41, 5.74) is 0. The Hall–Kier alpha value is -0.440. The Morgan fingerprint density at radius 1 is 1.71 bits per heavy atom. The maximum absolute atomic E-state index is 12.0. The van der Waals surface area contributed by atoms with E-state index in [0.29, 0.717) is 5.03 Å². The third-order valence-electron chi connectivity index (χ3n) is 0.676. The quantitative estimate of drug-likeness (QED) is 0.478. The fraction of sp³-hybridized carbons (Fsp3) is 0. The number of nitrogens with one attached hydrogen (secondary N) is 1. The van der Waals surface area contributed by atoms with Gasteiger partial charge in [-0.1, -0.05) is 0 Å². The van der Waals surface area contributed by atoms with Gasteiger partial charge in [0, 0.05) is 6.20 Å². The van der Waals surface area contributed by atoms with E-state index < -0.39 is 0 Å². The van der Waals surface area contributed by atoms with Gasteiger partial charge in [0.15, 0.2) is 5.82 Å². The van der Waals surface area contributed by atoms with E-state index >= 15 is 0 Å². The number of hydrogen-bond acceptors (Lipinski definition) is 1. The van der Waals surface area contributed by atoms with Crippen LogP contribution in [0.25, 0.3) is 0 Å². The van der Waals surface area contributed by atoms with Crippen LogP contribution in [-0.2, 0) is 0 Å². The fourth-order valence-electron chi connectivity index (χ4n) is 0.342. The Kier molecular flexibility index (Phi) is 1.06. The summed E-state index contributed by atoms with van der Waals surface area (Å²) < 4.78 is 12.0. The molecular formula is C4H4FNS. The standard InChI is InChI=1S/C4H4FNS/c5-3-1-2-6-4(3)7/h1-2,6-7H. The predicted octanol–water partition coefficient (Wildman–Crippen LogP) is 1.44. The van der Waals surface area contributed by atoms with Crippen molar-refractivity contribution in [3.05, 3.63) is 18.1 Å². The van der Waals surface area contributed by atoms with Crippen LogP contribution < -0.4 is 0 Å². The van der Waals surface area contributed by atoms with Crippen molar-refractivity contribution in [3.63, 3.8) is 0 Å². The van der Waals surface area contributed by atoms with Crippen LogP contribution >= 0.6 is 12.6 Å². The Morgan fingerprint density at radius 3 is 2.57 bits per heavy atom. The van der Waals surface area contributed by atoms with Gasteiger partial charge in [-0.3, -0.25) is 0 Å². The largest absolute Gasteiger partial charge is 0.354 e. The molecule has 1 aromatic rings. The second-order valence-corrected chi connectivity index (χ2v) is 1.62. The zero-order chi connectivity index (χ0) is 5.28. The van der Waals surface area contributed by atoms with Gasteiger partial charge in [-0.2, -0.15) is 0 Å². The summed E-state index contributed by atoms with van der Waals surface area (Å²) in [7, 11) is 0. The van der Waals surface area contributed by atoms with E-state index in [1.165, 1.54) is 12.3 Å². The fourth-order valence-corrected chi connectivity index (χ4v) is 0.491. The molecule has 0 aromatic carbocycles. The van der Waals surface area contributed by atoms with Crippen molar-refractivity contribution in [2.75, 3.05) is 0 Å². The van der Waals surface area contributed by atoms with E-state index in [2.05, 4.69) is 17.6 Å². The van der Waals surface area contributed by atoms with Crippen molar-refractivity contribution in [1.29, 1.82) is 0 Å². The third-order valence-corrected chi connectivity index (χ3v) is 1.02. The molecule has 0 unspecified atom stereocenters. The van der Waals surface area contributed by atoms with Crippen molar-refractivity contribution >= 4 is 12.6 Å². The highest BCUT2D eigenvalue weighted by Crippen LogP contribution is 2.06. The summed E-state index contributed by atoms with van der Waals surface area (Å²) in [6.45, 7) is 0. The summed E-state index contributed by atoms with van der Waals surface area (Å²) in [5, 5.41) is 0.292. The molecule has 0 saturated heterocycles. The molecule has 0 fully saturated rings. The average molecular weight is 117 g/mol. The van der Waals surface area contributed by atoms with Crippen LogP contribution in [0, 0.1) is 5.82 Å². The topological polar surface area (TPSA) is 15.8 Å². The molecule has 38 valence electrons. The average Bonchev–Trinajstić information content (AvgIpc) is 1.91. The number of rotatable bonds is 0. The molecular weight excluding hydrogens is 113 g/mol. The first kappa shape index (κ1) is 4.71. The molecule has 1 heterocycles. The molecule has 3 heteroatoms. The zero-order valence-corrected chi connectivity index (χ0v) is 4.37. The van der Waals surface area contributed by atoms with Gasteiger partial charge in [0.1, 0.15) is 5.03 Å². The van der Waals surface area contributed by atoms with Gasteiger partial charge < -0.3 is 4.98 Å². The second kappa shape index (κ2) is 1.58. The molecule has 0 aliphatic heterocycles. The maximum atomic E-state index is 12.0. The molecule has 0 atom stereocenters. The smallest absolute Gasteiger partial charge is 0.154 e. The molecule has 0 bridgehead atoms. The lowest BCUT2D eigenvalue weighted by Crippen LogP contribution is -1.63. The zero-order valence-electron chi connectivity index (χ0n) is 3.48. The molecule has 0 amide bonds. The molecule has 1 nitrogen and oxygen atoms in total. The summed E-state index contributed by atoms with van der Waals surface area (Å²) >= 11 is 3.72. The third kappa shape index (κ3) is 0.771. The van der Waals surface area contributed by atoms with Crippen LogP contribution in [0.3, 0.4) is 0 Å². The van der Waals surface area contributed by atoms with Crippen LogP contribution in [-0.4, -0.2) is 4.98 Å². The molecule has 7 heavy (non-hydrogen) atoms. The molecule has 0 saturated carbocycles. The monoisotopic (exact) mass is 117 g/mol. The van der Waals surface area contributed by atoms with Crippen LogP contribution in [0.1, 0.15) is 0 Å². The number of thiol groups is 1. The van der Waals surface area contributed by atoms with Crippen LogP contribution in [0.4, 0.5) is 4.39 Å². The van der Waals surface area contributed by atoms with E-state index in [-0.39, 0.29) is 5.82 Å². The van der Waals surface area contributed by atoms with Crippen molar-refractivity contribution in [3.8, 4) is 0 Å². The van der Waals surface area contributed by atoms with Gasteiger partial charge in [-0.25, -0.2) is 4.39 Å². The van der Waals surface area contributed by atoms with E-state index in [4.69, 9.17) is 0 Å². The maximum Gasteiger partial charge on any atom is 0.154 e. The van der Waals surface area contributed by atoms with Crippen LogP contribution in [0.15, 0.2) is 17.3 Å². The molecule has 1 aromatic heterocycles. The number of halogens is 1. The summed E-state index contributed by atoms with van der Waals surface area (Å²) in [6.07, 6.45) is 1.50. The molecule has 0 radical (unpaired) electrons. The molecule has 0 aliphatic carbocycles. The first-order valence-corrected chi connectivity index (χ1v) is 2.27. The normalized spacial score (nSPS) is 9.43.